The maximum Gasteiger partial charge on any atom is 0.195 e. The fraction of sp³-hybridized carbons (Fsp3) is 0.167. The third kappa shape index (κ3) is 2.56. The first-order valence-corrected chi connectivity index (χ1v) is 6.34. The van der Waals surface area contributed by atoms with Crippen LogP contribution in [0.2, 0.25) is 0 Å². The average Bonchev–Trinajstić information content (AvgIpc) is 2.61. The normalized spacial score (nSPS) is 10.5. The smallest absolute Gasteiger partial charge is 0.195 e. The largest absolute Gasteiger partial charge is 0.296 e. The molecule has 0 saturated heterocycles. The Balaban J connectivity index is 2.57. The zero-order chi connectivity index (χ0) is 12.4. The van der Waals surface area contributed by atoms with E-state index >= 15 is 0 Å². The molecule has 0 aliphatic heterocycles. The predicted molar refractivity (Wildman–Crippen MR) is 75.4 cm³/mol. The Bertz CT molecular complexity index is 612. The van der Waals surface area contributed by atoms with Crippen LogP contribution in [0, 0.1) is 4.77 Å². The molecule has 0 bridgehead atoms. The Hall–Kier alpha value is -1.20. The monoisotopic (exact) mass is 309 g/mol. The van der Waals surface area contributed by atoms with Crippen molar-refractivity contribution >= 4 is 28.1 Å². The Morgan fingerprint density at radius 1 is 1.53 bits per heavy atom. The Morgan fingerprint density at radius 3 is 2.88 bits per heavy atom. The van der Waals surface area contributed by atoms with Crippen LogP contribution in [0.4, 0.5) is 0 Å². The van der Waals surface area contributed by atoms with Gasteiger partial charge >= 0.3 is 0 Å². The maximum atomic E-state index is 5.22. The van der Waals surface area contributed by atoms with E-state index in [-0.39, 0.29) is 0 Å². The summed E-state index contributed by atoms with van der Waals surface area (Å²) < 4.78 is 3.55. The summed E-state index contributed by atoms with van der Waals surface area (Å²) in [5.41, 5.74) is 2.05. The van der Waals surface area contributed by atoms with Gasteiger partial charge in [0.2, 0.25) is 0 Å². The van der Waals surface area contributed by atoms with Crippen molar-refractivity contribution in [2.24, 2.45) is 0 Å². The lowest BCUT2D eigenvalue weighted by Crippen LogP contribution is -2.01. The van der Waals surface area contributed by atoms with Gasteiger partial charge in [0.1, 0.15) is 0 Å². The molecule has 1 aromatic heterocycles. The standard InChI is InChI=1S/C12H12BrN3S/c1-8(2)7-16-11(14-15-12(16)17)9-5-3-4-6-10(9)13/h3-6H,1,7H2,2H3,(H,15,17). The van der Waals surface area contributed by atoms with E-state index in [0.29, 0.717) is 11.3 Å². The second kappa shape index (κ2) is 4.98. The summed E-state index contributed by atoms with van der Waals surface area (Å²) in [6.45, 7) is 6.55. The summed E-state index contributed by atoms with van der Waals surface area (Å²) in [5, 5.41) is 7.10. The lowest BCUT2D eigenvalue weighted by molar-refractivity contribution is 0.778. The van der Waals surface area contributed by atoms with Crippen LogP contribution in [0.15, 0.2) is 40.9 Å². The molecule has 0 atom stereocenters. The van der Waals surface area contributed by atoms with E-state index in [9.17, 15) is 0 Å². The molecule has 0 radical (unpaired) electrons. The van der Waals surface area contributed by atoms with Gasteiger partial charge in [0.15, 0.2) is 10.6 Å². The van der Waals surface area contributed by atoms with Gasteiger partial charge < -0.3 is 0 Å². The van der Waals surface area contributed by atoms with Crippen LogP contribution in [0.25, 0.3) is 11.4 Å². The van der Waals surface area contributed by atoms with Gasteiger partial charge in [0.05, 0.1) is 0 Å². The van der Waals surface area contributed by atoms with Gasteiger partial charge in [-0.15, -0.1) is 0 Å². The molecule has 2 rings (SSSR count). The second-order valence-electron chi connectivity index (χ2n) is 3.88. The fourth-order valence-corrected chi connectivity index (χ4v) is 2.24. The van der Waals surface area contributed by atoms with E-state index in [2.05, 4.69) is 32.7 Å². The van der Waals surface area contributed by atoms with Gasteiger partial charge in [-0.2, -0.15) is 5.10 Å². The van der Waals surface area contributed by atoms with Crippen molar-refractivity contribution in [2.45, 2.75) is 13.5 Å². The number of hydrogen-bond acceptors (Lipinski definition) is 2. The number of hydrogen-bond donors (Lipinski definition) is 1. The topological polar surface area (TPSA) is 33.6 Å². The van der Waals surface area contributed by atoms with Gasteiger partial charge in [0, 0.05) is 16.6 Å². The van der Waals surface area contributed by atoms with Crippen molar-refractivity contribution in [3.63, 3.8) is 0 Å². The number of allylic oxidation sites excluding steroid dienone is 1. The zero-order valence-electron chi connectivity index (χ0n) is 9.40. The molecule has 0 fully saturated rings. The molecular weight excluding hydrogens is 298 g/mol. The van der Waals surface area contributed by atoms with Crippen LogP contribution < -0.4 is 0 Å². The third-order valence-electron chi connectivity index (χ3n) is 2.30. The molecule has 1 aromatic carbocycles. The molecule has 17 heavy (non-hydrogen) atoms. The lowest BCUT2D eigenvalue weighted by atomic mass is 10.2. The van der Waals surface area contributed by atoms with Crippen LogP contribution in [-0.4, -0.2) is 14.8 Å². The Morgan fingerprint density at radius 2 is 2.24 bits per heavy atom. The molecular formula is C12H12BrN3S. The van der Waals surface area contributed by atoms with Crippen molar-refractivity contribution in [2.75, 3.05) is 0 Å². The number of H-pyrrole nitrogens is 1. The van der Waals surface area contributed by atoms with Crippen molar-refractivity contribution in [1.82, 2.24) is 14.8 Å². The molecule has 0 aliphatic rings. The van der Waals surface area contributed by atoms with E-state index in [1.54, 1.807) is 0 Å². The molecule has 5 heteroatoms. The highest BCUT2D eigenvalue weighted by atomic mass is 79.9. The summed E-state index contributed by atoms with van der Waals surface area (Å²) in [4.78, 5) is 0. The minimum atomic E-state index is 0.610. The first-order chi connectivity index (χ1) is 8.09. The molecule has 1 heterocycles. The highest BCUT2D eigenvalue weighted by Gasteiger charge is 2.11. The highest BCUT2D eigenvalue weighted by Crippen LogP contribution is 2.26. The summed E-state index contributed by atoms with van der Waals surface area (Å²) in [5.74, 6) is 0.825. The van der Waals surface area contributed by atoms with Gasteiger partial charge in [0.25, 0.3) is 0 Å². The first kappa shape index (κ1) is 12.3. The molecule has 0 unspecified atom stereocenters. The van der Waals surface area contributed by atoms with Crippen LogP contribution >= 0.6 is 28.1 Å². The van der Waals surface area contributed by atoms with Crippen molar-refractivity contribution in [3.8, 4) is 11.4 Å². The molecule has 2 aromatic rings. The van der Waals surface area contributed by atoms with E-state index in [1.807, 2.05) is 35.8 Å². The molecule has 88 valence electrons. The van der Waals surface area contributed by atoms with Crippen molar-refractivity contribution in [3.05, 3.63) is 45.7 Å². The number of aromatic nitrogens is 3. The van der Waals surface area contributed by atoms with Gasteiger partial charge in [-0.25, -0.2) is 0 Å². The van der Waals surface area contributed by atoms with Gasteiger partial charge in [-0.05, 0) is 25.2 Å². The first-order valence-electron chi connectivity index (χ1n) is 5.14. The Labute approximate surface area is 113 Å². The number of nitrogens with zero attached hydrogens (tertiary/aromatic N) is 2. The molecule has 0 spiro atoms. The molecule has 0 amide bonds. The molecule has 0 aliphatic carbocycles. The van der Waals surface area contributed by atoms with Crippen LogP contribution in [0.3, 0.4) is 0 Å². The van der Waals surface area contributed by atoms with Crippen LogP contribution in [0.5, 0.6) is 0 Å². The van der Waals surface area contributed by atoms with Crippen LogP contribution in [0.1, 0.15) is 6.92 Å². The molecule has 0 saturated carbocycles. The average molecular weight is 310 g/mol. The lowest BCUT2D eigenvalue weighted by Gasteiger charge is -2.07. The Kier molecular flexibility index (Phi) is 3.59. The van der Waals surface area contributed by atoms with E-state index < -0.39 is 0 Å². The minimum absolute atomic E-state index is 0.610. The molecule has 3 nitrogen and oxygen atoms in total. The zero-order valence-corrected chi connectivity index (χ0v) is 11.8. The summed E-state index contributed by atoms with van der Waals surface area (Å²) in [6, 6.07) is 7.93. The van der Waals surface area contributed by atoms with Crippen LogP contribution in [-0.2, 0) is 6.54 Å². The quantitative estimate of drug-likeness (QED) is 0.688. The summed E-state index contributed by atoms with van der Waals surface area (Å²) in [6.07, 6.45) is 0. The fourth-order valence-electron chi connectivity index (χ4n) is 1.58. The number of aromatic amines is 1. The van der Waals surface area contributed by atoms with Gasteiger partial charge in [-0.3, -0.25) is 9.67 Å². The van der Waals surface area contributed by atoms with E-state index in [1.165, 1.54) is 0 Å². The SMILES string of the molecule is C=C(C)Cn1c(-c2ccccc2Br)n[nH]c1=S. The van der Waals surface area contributed by atoms with Crippen molar-refractivity contribution < 1.29 is 0 Å². The predicted octanol–water partition coefficient (Wildman–Crippen LogP) is 3.95. The number of halogens is 1. The van der Waals surface area contributed by atoms with Crippen molar-refractivity contribution in [1.29, 1.82) is 0 Å². The maximum absolute atomic E-state index is 5.22. The number of nitrogens with one attached hydrogen (secondary N) is 1. The summed E-state index contributed by atoms with van der Waals surface area (Å²) in [7, 11) is 0. The summed E-state index contributed by atoms with van der Waals surface area (Å²) >= 11 is 8.74. The van der Waals surface area contributed by atoms with E-state index in [4.69, 9.17) is 12.2 Å². The van der Waals surface area contributed by atoms with E-state index in [0.717, 1.165) is 21.4 Å². The number of benzene rings is 1. The van der Waals surface area contributed by atoms with Gasteiger partial charge in [-0.1, -0.05) is 46.3 Å². The number of rotatable bonds is 3. The highest BCUT2D eigenvalue weighted by molar-refractivity contribution is 9.10. The second-order valence-corrected chi connectivity index (χ2v) is 5.12. The minimum Gasteiger partial charge on any atom is -0.296 e. The third-order valence-corrected chi connectivity index (χ3v) is 3.30. The molecule has 1 N–H and O–H groups in total.